The zero-order chi connectivity index (χ0) is 33.8. The Kier molecular flexibility index (Phi) is 6.23. The molecule has 8 rings (SSSR count). The second-order valence-electron chi connectivity index (χ2n) is 11.3. The summed E-state index contributed by atoms with van der Waals surface area (Å²) in [6.45, 7) is -0.186. The maximum absolute atomic E-state index is 15.4. The van der Waals surface area contributed by atoms with E-state index in [2.05, 4.69) is 5.32 Å². The van der Waals surface area contributed by atoms with Crippen LogP contribution in [-0.4, -0.2) is 52.5 Å². The minimum atomic E-state index is -4.19. The molecule has 5 heterocycles. The predicted molar refractivity (Wildman–Crippen MR) is 168 cm³/mol. The van der Waals surface area contributed by atoms with Crippen molar-refractivity contribution < 1.29 is 50.7 Å². The first-order valence-corrected chi connectivity index (χ1v) is 16.3. The van der Waals surface area contributed by atoms with E-state index < -0.39 is 39.6 Å². The van der Waals surface area contributed by atoms with Crippen LogP contribution in [0, 0.1) is 11.6 Å². The number of nitrogens with one attached hydrogen (secondary N) is 1. The first-order chi connectivity index (χ1) is 22.9. The number of aliphatic carboxylic acids is 1. The lowest BCUT2D eigenvalue weighted by molar-refractivity contribution is -0.576. The first kappa shape index (κ1) is 29.6. The van der Waals surface area contributed by atoms with Gasteiger partial charge in [0.15, 0.2) is 18.6 Å². The highest BCUT2D eigenvalue weighted by molar-refractivity contribution is 7.89. The number of carboxylic acid groups (broad SMARTS) is 1. The van der Waals surface area contributed by atoms with Crippen LogP contribution in [-0.2, 0) is 21.5 Å². The summed E-state index contributed by atoms with van der Waals surface area (Å²) in [5.74, 6) is -3.13. The molecule has 12 nitrogen and oxygen atoms in total. The van der Waals surface area contributed by atoms with Crippen LogP contribution in [0.25, 0.3) is 61.0 Å². The highest BCUT2D eigenvalue weighted by Gasteiger charge is 2.41. The van der Waals surface area contributed by atoms with E-state index in [1.54, 1.807) is 24.3 Å². The van der Waals surface area contributed by atoms with Gasteiger partial charge in [0.25, 0.3) is 15.9 Å². The summed E-state index contributed by atoms with van der Waals surface area (Å²) < 4.78 is 72.3. The van der Waals surface area contributed by atoms with E-state index in [-0.39, 0.29) is 62.8 Å². The monoisotopic (exact) mass is 673 g/mol. The quantitative estimate of drug-likeness (QED) is 0.228. The number of aromatic nitrogens is 3. The highest BCUT2D eigenvalue weighted by atomic mass is 32.2. The number of carbonyl (C=O) groups is 2. The normalized spacial score (nSPS) is 13.5. The van der Waals surface area contributed by atoms with Gasteiger partial charge in [-0.2, -0.15) is 0 Å². The van der Waals surface area contributed by atoms with Crippen molar-refractivity contribution in [2.75, 3.05) is 13.3 Å². The third-order valence-corrected chi connectivity index (χ3v) is 9.56. The number of carboxylic acids is 1. The van der Waals surface area contributed by atoms with E-state index in [9.17, 15) is 32.6 Å². The lowest BCUT2D eigenvalue weighted by Crippen LogP contribution is -2.40. The molecule has 3 aromatic carbocycles. The average Bonchev–Trinajstić information content (AvgIpc) is 3.71. The summed E-state index contributed by atoms with van der Waals surface area (Å²) in [6, 6.07) is 15.7. The Morgan fingerprint density at radius 1 is 1.02 bits per heavy atom. The summed E-state index contributed by atoms with van der Waals surface area (Å²) in [5.41, 5.74) is 1.16. The zero-order valence-electron chi connectivity index (χ0n) is 25.0. The lowest BCUT2D eigenvalue weighted by atomic mass is 10.0. The van der Waals surface area contributed by atoms with Crippen LogP contribution < -0.4 is 14.6 Å². The number of hydrogen-bond acceptors (Lipinski definition) is 7. The molecule has 15 heteroatoms. The smallest absolute Gasteiger partial charge is 0.337 e. The van der Waals surface area contributed by atoms with Crippen molar-refractivity contribution in [3.05, 3.63) is 89.5 Å². The zero-order valence-corrected chi connectivity index (χ0v) is 25.8. The summed E-state index contributed by atoms with van der Waals surface area (Å²) in [7, 11) is -2.75. The van der Waals surface area contributed by atoms with Gasteiger partial charge in [0.1, 0.15) is 34.2 Å². The number of fused-ring (bicyclic) bond motifs is 10. The van der Waals surface area contributed by atoms with Crippen molar-refractivity contribution >= 4 is 60.2 Å². The van der Waals surface area contributed by atoms with Crippen LogP contribution in [0.15, 0.2) is 71.1 Å². The molecule has 0 saturated carbocycles. The van der Waals surface area contributed by atoms with Crippen LogP contribution in [0.2, 0.25) is 0 Å². The molecule has 1 amide bonds. The number of aliphatic hydroxyl groups excluding tert-OH is 1. The molecule has 7 aromatic rings. The summed E-state index contributed by atoms with van der Waals surface area (Å²) in [4.78, 5) is 25.4. The number of pyridine rings is 1. The van der Waals surface area contributed by atoms with Gasteiger partial charge < -0.3 is 29.3 Å². The van der Waals surface area contributed by atoms with Crippen molar-refractivity contribution in [1.29, 1.82) is 0 Å². The third kappa shape index (κ3) is 4.00. The molecule has 1 aliphatic heterocycles. The number of benzene rings is 3. The number of rotatable bonds is 5. The summed E-state index contributed by atoms with van der Waals surface area (Å²) >= 11 is 0. The van der Waals surface area contributed by atoms with Gasteiger partial charge in [-0.15, -0.1) is 0 Å². The maximum Gasteiger partial charge on any atom is 0.337 e. The molecule has 4 aromatic heterocycles. The number of nitrogens with zero attached hydrogens (tertiary/aromatic N) is 3. The molecule has 0 aliphatic carbocycles. The van der Waals surface area contributed by atoms with Gasteiger partial charge in [0.05, 0.1) is 22.7 Å². The molecule has 0 fully saturated rings. The predicted octanol–water partition coefficient (Wildman–Crippen LogP) is 4.33. The SMILES string of the molecule is CNC(=O)c1c(-c2ccc(F)cc2)oc2cc3c(cc12)c1ccc2c([n+]1n3S(C)(=O)=O)-c1c(C(O)C(=O)O)c3c(F)cccc3n1CO2. The van der Waals surface area contributed by atoms with Gasteiger partial charge in [-0.1, -0.05) is 6.07 Å². The maximum atomic E-state index is 15.4. The topological polar surface area (TPSA) is 157 Å². The molecule has 242 valence electrons. The summed E-state index contributed by atoms with van der Waals surface area (Å²) in [6.07, 6.45) is -1.21. The van der Waals surface area contributed by atoms with Crippen molar-refractivity contribution in [2.45, 2.75) is 12.8 Å². The molecular weight excluding hydrogens is 650 g/mol. The Bertz CT molecular complexity index is 2680. The van der Waals surface area contributed by atoms with Gasteiger partial charge in [-0.25, -0.2) is 22.0 Å². The fourth-order valence-electron chi connectivity index (χ4n) is 6.64. The van der Waals surface area contributed by atoms with Gasteiger partial charge in [-0.05, 0) is 57.1 Å². The first-order valence-electron chi connectivity index (χ1n) is 14.4. The molecule has 0 bridgehead atoms. The lowest BCUT2D eigenvalue weighted by Gasteiger charge is -2.19. The molecule has 0 spiro atoms. The Morgan fingerprint density at radius 2 is 1.77 bits per heavy atom. The minimum absolute atomic E-state index is 0.0430. The van der Waals surface area contributed by atoms with E-state index in [1.807, 2.05) is 0 Å². The van der Waals surface area contributed by atoms with Gasteiger partial charge >= 0.3 is 11.7 Å². The fraction of sp³-hybridized carbons (Fsp3) is 0.121. The Morgan fingerprint density at radius 3 is 2.46 bits per heavy atom. The molecule has 1 atom stereocenters. The van der Waals surface area contributed by atoms with E-state index in [4.69, 9.17) is 9.15 Å². The van der Waals surface area contributed by atoms with E-state index in [0.29, 0.717) is 21.9 Å². The molecule has 48 heavy (non-hydrogen) atoms. The number of halogens is 2. The minimum Gasteiger partial charge on any atom is -0.479 e. The third-order valence-electron chi connectivity index (χ3n) is 8.57. The van der Waals surface area contributed by atoms with Crippen molar-refractivity contribution in [2.24, 2.45) is 0 Å². The average molecular weight is 674 g/mol. The van der Waals surface area contributed by atoms with Crippen LogP contribution in [0.3, 0.4) is 0 Å². The molecule has 3 N–H and O–H groups in total. The molecular formula is C33H23F2N4O8S+. The number of carbonyl (C=O) groups excluding carboxylic acids is 1. The van der Waals surface area contributed by atoms with E-state index in [0.717, 1.165) is 16.4 Å². The van der Waals surface area contributed by atoms with Gasteiger partial charge in [0, 0.05) is 41.1 Å². The van der Waals surface area contributed by atoms with E-state index >= 15 is 4.39 Å². The van der Waals surface area contributed by atoms with E-state index in [1.165, 1.54) is 52.5 Å². The van der Waals surface area contributed by atoms with Crippen molar-refractivity contribution in [3.8, 4) is 28.5 Å². The Balaban J connectivity index is 1.54. The number of hydrogen-bond donors (Lipinski definition) is 3. The standard InChI is InChI=1S/C33H22F2N4O8S/c1-36-32(41)25-18-12-17-20-10-11-23-28(29-27(30(40)33(42)43)26-19(35)4-3-5-21(26)37(29)14-46-23)38(20)39(48(2,44)45)22(17)13-24(18)47-31(25)15-6-8-16(34)9-7-15/h3-13,30,40H,14H2,1-2H3,(H-,36,41,42,43)/p+1. The van der Waals surface area contributed by atoms with Crippen molar-refractivity contribution in [1.82, 2.24) is 14.0 Å². The fourth-order valence-corrected chi connectivity index (χ4v) is 7.62. The molecule has 1 unspecified atom stereocenters. The van der Waals surface area contributed by atoms with Crippen LogP contribution in [0.5, 0.6) is 5.75 Å². The molecule has 0 radical (unpaired) electrons. The van der Waals surface area contributed by atoms with Crippen LogP contribution in [0.4, 0.5) is 8.78 Å². The second-order valence-corrected chi connectivity index (χ2v) is 13.2. The largest absolute Gasteiger partial charge is 0.479 e. The summed E-state index contributed by atoms with van der Waals surface area (Å²) in [5, 5.41) is 23.9. The number of ether oxygens (including phenoxy) is 1. The van der Waals surface area contributed by atoms with Gasteiger partial charge in [-0.3, -0.25) is 4.79 Å². The van der Waals surface area contributed by atoms with Crippen LogP contribution in [0.1, 0.15) is 22.0 Å². The second kappa shape index (κ2) is 10.1. The van der Waals surface area contributed by atoms with Crippen LogP contribution >= 0.6 is 0 Å². The van der Waals surface area contributed by atoms with Crippen molar-refractivity contribution in [3.63, 3.8) is 0 Å². The molecule has 0 saturated heterocycles. The number of furan rings is 1. The number of amides is 1. The highest BCUT2D eigenvalue weighted by Crippen LogP contribution is 2.45. The molecule has 1 aliphatic rings. The number of aliphatic hydroxyl groups is 1. The Hall–Kier alpha value is -5.80. The Labute approximate surface area is 268 Å². The van der Waals surface area contributed by atoms with Gasteiger partial charge in [0.2, 0.25) is 5.52 Å².